The number of phenolic OH excluding ortho intramolecular Hbond substituents is 1. The summed E-state index contributed by atoms with van der Waals surface area (Å²) in [5.74, 6) is -4.97. The Bertz CT molecular complexity index is 2810. The first-order valence-corrected chi connectivity index (χ1v) is 23.3. The van der Waals surface area contributed by atoms with Crippen molar-refractivity contribution in [2.75, 3.05) is 31.7 Å². The average molecular weight is 1030 g/mol. The van der Waals surface area contributed by atoms with Gasteiger partial charge in [0.1, 0.15) is 60.8 Å². The van der Waals surface area contributed by atoms with Crippen LogP contribution in [0.15, 0.2) is 140 Å². The molecule has 4 fully saturated rings. The van der Waals surface area contributed by atoms with Gasteiger partial charge in [-0.05, 0) is 99.3 Å². The number of carbonyl (C=O) groups is 6. The van der Waals surface area contributed by atoms with E-state index in [-0.39, 0.29) is 50.4 Å². The summed E-state index contributed by atoms with van der Waals surface area (Å²) in [5, 5.41) is 15.6. The Morgan fingerprint density at radius 1 is 0.794 bits per heavy atom. The second-order valence-corrected chi connectivity index (χ2v) is 18.6. The average Bonchev–Trinajstić information content (AvgIpc) is 4.01. The number of cyclic esters (lactones) is 1. The molecule has 68 heavy (non-hydrogen) atoms. The van der Waals surface area contributed by atoms with Gasteiger partial charge in [0.2, 0.25) is 17.7 Å². The summed E-state index contributed by atoms with van der Waals surface area (Å²) in [6, 6.07) is 33.2. The maximum Gasteiger partial charge on any atom is 0.325 e. The number of nitrogens with one attached hydrogen (secondary N) is 2. The molecule has 0 bridgehead atoms. The van der Waals surface area contributed by atoms with Crippen molar-refractivity contribution < 1.29 is 52.8 Å². The third-order valence-electron chi connectivity index (χ3n) is 13.7. The van der Waals surface area contributed by atoms with Crippen LogP contribution in [-0.4, -0.2) is 89.0 Å². The van der Waals surface area contributed by atoms with Gasteiger partial charge in [0.15, 0.2) is 0 Å². The van der Waals surface area contributed by atoms with Gasteiger partial charge in [-0.1, -0.05) is 97.6 Å². The number of carbonyl (C=O) groups excluding carboxylic acids is 6. The van der Waals surface area contributed by atoms with Gasteiger partial charge in [0.25, 0.3) is 0 Å². The number of amides is 3. The number of aromatic hydroxyl groups is 1. The lowest BCUT2D eigenvalue weighted by Gasteiger charge is -2.46. The third-order valence-corrected chi connectivity index (χ3v) is 14.4. The number of piperazine rings is 1. The first-order valence-electron chi connectivity index (χ1n) is 22.2. The molecular weight excluding hydrogens is 983 g/mol. The quantitative estimate of drug-likeness (QED) is 0.0435. The van der Waals surface area contributed by atoms with Gasteiger partial charge < -0.3 is 39.6 Å². The van der Waals surface area contributed by atoms with Crippen molar-refractivity contribution in [3.05, 3.63) is 171 Å². The van der Waals surface area contributed by atoms with E-state index in [0.717, 1.165) is 14.7 Å². The van der Waals surface area contributed by atoms with Crippen LogP contribution >= 0.6 is 22.6 Å². The molecule has 0 radical (unpaired) electrons. The number of ether oxygens (including phenoxy) is 4. The van der Waals surface area contributed by atoms with Crippen LogP contribution in [0, 0.1) is 15.4 Å². The molecule has 3 N–H and O–H groups in total. The van der Waals surface area contributed by atoms with E-state index in [4.69, 9.17) is 18.9 Å². The van der Waals surface area contributed by atoms with Crippen LogP contribution in [0.5, 0.6) is 11.5 Å². The number of esters is 3. The molecule has 5 aromatic carbocycles. The van der Waals surface area contributed by atoms with Crippen LogP contribution in [-0.2, 0) is 48.4 Å². The fraction of sp³-hybridized carbons (Fsp3) is 0.269. The molecule has 346 valence electrons. The molecule has 0 aliphatic carbocycles. The predicted molar refractivity (Wildman–Crippen MR) is 252 cm³/mol. The molecule has 5 aromatic rings. The van der Waals surface area contributed by atoms with Crippen molar-refractivity contribution in [2.45, 2.75) is 48.1 Å². The van der Waals surface area contributed by atoms with Crippen LogP contribution < -0.4 is 15.4 Å². The van der Waals surface area contributed by atoms with Crippen molar-refractivity contribution in [1.29, 1.82) is 0 Å². The van der Waals surface area contributed by atoms with Crippen molar-refractivity contribution in [3.63, 3.8) is 0 Å². The standard InChI is InChI=1S/C52H45IN4O11/c1-2-23-66-49(62)41-44-50(63)68-45(31-11-7-4-8-12-31)43(29-9-5-3-6-10-29)57(44)46(52(41)37-26-33(53)17-22-38(37)55-51(52)64)32-15-20-35(21-16-32)65-24-25-67-48(61)36-27-39-47(60)54-28-40(59)56(39)42(36)30-13-18-34(58)19-14-30/h2-22,26,36,39,41-46,58H,1,23-25,27-28H2,(H,54,60)(H,55,64)/t36-,39-,41-,42-,43-,44-,45+,46+,52-/m1/s1. The van der Waals surface area contributed by atoms with Crippen LogP contribution in [0.4, 0.5) is 5.69 Å². The Morgan fingerprint density at radius 2 is 1.47 bits per heavy atom. The molecule has 5 aliphatic rings. The molecule has 16 heteroatoms. The van der Waals surface area contributed by atoms with E-state index in [1.807, 2.05) is 77.7 Å². The smallest absolute Gasteiger partial charge is 0.325 e. The lowest BCUT2D eigenvalue weighted by atomic mass is 9.65. The van der Waals surface area contributed by atoms with Gasteiger partial charge in [-0.25, -0.2) is 0 Å². The Kier molecular flexibility index (Phi) is 12.0. The zero-order valence-corrected chi connectivity index (χ0v) is 38.5. The molecule has 10 rings (SSSR count). The summed E-state index contributed by atoms with van der Waals surface area (Å²) < 4.78 is 24.9. The molecule has 0 unspecified atom stereocenters. The largest absolute Gasteiger partial charge is 0.508 e. The monoisotopic (exact) mass is 1030 g/mol. The van der Waals surface area contributed by atoms with Crippen molar-refractivity contribution in [1.82, 2.24) is 15.1 Å². The van der Waals surface area contributed by atoms with E-state index < -0.39 is 77.4 Å². The second kappa shape index (κ2) is 18.2. The van der Waals surface area contributed by atoms with Crippen molar-refractivity contribution >= 4 is 63.9 Å². The van der Waals surface area contributed by atoms with E-state index in [1.165, 1.54) is 23.1 Å². The Balaban J connectivity index is 0.983. The number of hydrogen-bond acceptors (Lipinski definition) is 12. The molecule has 1 spiro atoms. The summed E-state index contributed by atoms with van der Waals surface area (Å²) in [4.78, 5) is 87.8. The summed E-state index contributed by atoms with van der Waals surface area (Å²) in [5.41, 5.74) is 2.07. The van der Waals surface area contributed by atoms with E-state index in [1.54, 1.807) is 42.5 Å². The molecule has 5 heterocycles. The number of anilines is 1. The number of fused-ring (bicyclic) bond motifs is 4. The topological polar surface area (TPSA) is 190 Å². The Labute approximate surface area is 404 Å². The summed E-state index contributed by atoms with van der Waals surface area (Å²) in [6.07, 6.45) is 0.662. The highest BCUT2D eigenvalue weighted by Gasteiger charge is 2.74. The van der Waals surface area contributed by atoms with Crippen LogP contribution in [0.1, 0.15) is 58.5 Å². The maximum atomic E-state index is 15.2. The fourth-order valence-corrected chi connectivity index (χ4v) is 11.5. The zero-order chi connectivity index (χ0) is 47.3. The summed E-state index contributed by atoms with van der Waals surface area (Å²) in [6.45, 7) is 3.19. The van der Waals surface area contributed by atoms with Gasteiger partial charge in [-0.2, -0.15) is 0 Å². The normalized spacial score (nSPS) is 27.0. The second-order valence-electron chi connectivity index (χ2n) is 17.3. The highest BCUT2D eigenvalue weighted by atomic mass is 127. The first-order chi connectivity index (χ1) is 33.0. The van der Waals surface area contributed by atoms with Crippen molar-refractivity contribution in [3.8, 4) is 11.5 Å². The molecule has 3 amide bonds. The van der Waals surface area contributed by atoms with E-state index in [2.05, 4.69) is 39.8 Å². The lowest BCUT2D eigenvalue weighted by Crippen LogP contribution is -2.56. The van der Waals surface area contributed by atoms with Gasteiger partial charge in [0.05, 0.1) is 30.6 Å². The third kappa shape index (κ3) is 7.55. The van der Waals surface area contributed by atoms with Gasteiger partial charge in [-0.3, -0.25) is 33.7 Å². The summed E-state index contributed by atoms with van der Waals surface area (Å²) in [7, 11) is 0. The van der Waals surface area contributed by atoms with Gasteiger partial charge in [-0.15, -0.1) is 0 Å². The number of halogens is 1. The number of hydrogen-bond donors (Lipinski definition) is 3. The molecule has 0 aromatic heterocycles. The number of nitrogens with zero attached hydrogens (tertiary/aromatic N) is 2. The number of phenols is 1. The van der Waals surface area contributed by atoms with Crippen LogP contribution in [0.3, 0.4) is 0 Å². The number of rotatable bonds is 12. The lowest BCUT2D eigenvalue weighted by molar-refractivity contribution is -0.180. The minimum absolute atomic E-state index is 0.0174. The predicted octanol–water partition coefficient (Wildman–Crippen LogP) is 6.01. The minimum Gasteiger partial charge on any atom is -0.508 e. The zero-order valence-electron chi connectivity index (χ0n) is 36.4. The SMILES string of the molecule is C=CCOC(=O)[C@H]1[C@@H]2C(=O)O[C@@H](c3ccccc3)[C@@H](c3ccccc3)N2[C@@H](c2ccc(OCCOC(=O)[C@@H]3C[C@@H]4C(=O)NCC(=O)N4[C@@H]3c3ccc(O)cc3)cc2)[C@]12C(=O)Nc1ccc(I)cc12. The molecule has 15 nitrogen and oxygen atoms in total. The molecular formula is C52H45IN4O11. The van der Waals surface area contributed by atoms with Crippen LogP contribution in [0.2, 0.25) is 0 Å². The fourth-order valence-electron chi connectivity index (χ4n) is 11.0. The molecule has 4 saturated heterocycles. The molecule has 9 atom stereocenters. The first kappa shape index (κ1) is 44.8. The summed E-state index contributed by atoms with van der Waals surface area (Å²) >= 11 is 2.18. The van der Waals surface area contributed by atoms with Crippen molar-refractivity contribution in [2.24, 2.45) is 11.8 Å². The van der Waals surface area contributed by atoms with Crippen LogP contribution in [0.25, 0.3) is 0 Å². The maximum absolute atomic E-state index is 15.2. The van der Waals surface area contributed by atoms with E-state index in [9.17, 15) is 29.1 Å². The molecule has 0 saturated carbocycles. The number of benzene rings is 5. The van der Waals surface area contributed by atoms with E-state index in [0.29, 0.717) is 28.1 Å². The number of morpholine rings is 1. The Morgan fingerprint density at radius 3 is 2.18 bits per heavy atom. The van der Waals surface area contributed by atoms with E-state index >= 15 is 4.79 Å². The highest BCUT2D eigenvalue weighted by molar-refractivity contribution is 14.1. The van der Waals surface area contributed by atoms with Gasteiger partial charge >= 0.3 is 17.9 Å². The Hall–Kier alpha value is -7.05. The minimum atomic E-state index is -1.70. The molecule has 5 aliphatic heterocycles. The highest BCUT2D eigenvalue weighted by Crippen LogP contribution is 2.65. The van der Waals surface area contributed by atoms with Gasteiger partial charge in [0, 0.05) is 9.26 Å².